The van der Waals surface area contributed by atoms with Crippen molar-refractivity contribution in [2.45, 2.75) is 32.9 Å². The van der Waals surface area contributed by atoms with Gasteiger partial charge in [-0.05, 0) is 49.8 Å². The molecule has 1 aromatic heterocycles. The molecule has 1 unspecified atom stereocenters. The Kier molecular flexibility index (Phi) is 3.20. The van der Waals surface area contributed by atoms with Crippen LogP contribution < -0.4 is 5.32 Å². The van der Waals surface area contributed by atoms with Gasteiger partial charge in [0, 0.05) is 27.7 Å². The van der Waals surface area contributed by atoms with Gasteiger partial charge < -0.3 is 5.32 Å². The van der Waals surface area contributed by atoms with Crippen LogP contribution in [0.25, 0.3) is 0 Å². The van der Waals surface area contributed by atoms with Crippen molar-refractivity contribution in [3.63, 3.8) is 0 Å². The second kappa shape index (κ2) is 4.15. The molecule has 0 spiro atoms. The summed E-state index contributed by atoms with van der Waals surface area (Å²) in [6, 6.07) is 2.68. The predicted molar refractivity (Wildman–Crippen MR) is 68.7 cm³/mol. The Labute approximate surface area is 107 Å². The fourth-order valence-corrected chi connectivity index (χ4v) is 2.74. The molecule has 0 saturated heterocycles. The normalized spacial score (nSPS) is 22.8. The van der Waals surface area contributed by atoms with E-state index in [1.165, 1.54) is 6.42 Å². The van der Waals surface area contributed by atoms with Crippen LogP contribution in [0.5, 0.6) is 0 Å². The van der Waals surface area contributed by atoms with E-state index >= 15 is 0 Å². The summed E-state index contributed by atoms with van der Waals surface area (Å²) >= 11 is 6.91. The fraction of sp³-hybridized carbons (Fsp3) is 0.545. The SMILES string of the molecule is CC1(C)CC1NCc1ncc(Br)cc1Br. The number of pyridine rings is 1. The third-order valence-corrected chi connectivity index (χ3v) is 4.03. The maximum absolute atomic E-state index is 4.37. The van der Waals surface area contributed by atoms with Crippen molar-refractivity contribution in [1.29, 1.82) is 0 Å². The summed E-state index contributed by atoms with van der Waals surface area (Å²) in [6.45, 7) is 5.41. The van der Waals surface area contributed by atoms with Gasteiger partial charge in [-0.15, -0.1) is 0 Å². The number of nitrogens with zero attached hydrogens (tertiary/aromatic N) is 1. The molecule has 2 nitrogen and oxygen atoms in total. The number of halogens is 2. The van der Waals surface area contributed by atoms with Gasteiger partial charge in [0.1, 0.15) is 0 Å². The predicted octanol–water partition coefficient (Wildman–Crippen LogP) is 3.49. The number of aromatic nitrogens is 1. The van der Waals surface area contributed by atoms with E-state index in [4.69, 9.17) is 0 Å². The van der Waals surface area contributed by atoms with Gasteiger partial charge in [-0.25, -0.2) is 0 Å². The molecule has 15 heavy (non-hydrogen) atoms. The highest BCUT2D eigenvalue weighted by Gasteiger charge is 2.45. The number of rotatable bonds is 3. The van der Waals surface area contributed by atoms with E-state index in [1.54, 1.807) is 0 Å². The smallest absolute Gasteiger partial charge is 0.0684 e. The van der Waals surface area contributed by atoms with E-state index in [1.807, 2.05) is 12.3 Å². The van der Waals surface area contributed by atoms with Gasteiger partial charge in [0.25, 0.3) is 0 Å². The lowest BCUT2D eigenvalue weighted by Crippen LogP contribution is -2.20. The first-order chi connectivity index (χ1) is 6.99. The summed E-state index contributed by atoms with van der Waals surface area (Å²) < 4.78 is 2.06. The minimum absolute atomic E-state index is 0.474. The zero-order chi connectivity index (χ0) is 11.1. The van der Waals surface area contributed by atoms with Gasteiger partial charge in [0.15, 0.2) is 0 Å². The molecular weight excluding hydrogens is 320 g/mol. The first-order valence-electron chi connectivity index (χ1n) is 5.02. The fourth-order valence-electron chi connectivity index (χ4n) is 1.61. The molecule has 0 radical (unpaired) electrons. The summed E-state index contributed by atoms with van der Waals surface area (Å²) in [5.74, 6) is 0. The Morgan fingerprint density at radius 3 is 2.73 bits per heavy atom. The molecule has 2 rings (SSSR count). The largest absolute Gasteiger partial charge is 0.308 e. The highest BCUT2D eigenvalue weighted by Crippen LogP contribution is 2.44. The summed E-state index contributed by atoms with van der Waals surface area (Å²) in [7, 11) is 0. The highest BCUT2D eigenvalue weighted by atomic mass is 79.9. The van der Waals surface area contributed by atoms with Crippen LogP contribution in [-0.2, 0) is 6.54 Å². The molecule has 0 bridgehead atoms. The maximum Gasteiger partial charge on any atom is 0.0684 e. The highest BCUT2D eigenvalue weighted by molar-refractivity contribution is 9.11. The van der Waals surface area contributed by atoms with Crippen LogP contribution >= 0.6 is 31.9 Å². The van der Waals surface area contributed by atoms with Crippen molar-refractivity contribution in [3.05, 3.63) is 26.9 Å². The molecule has 4 heteroatoms. The van der Waals surface area contributed by atoms with Crippen LogP contribution in [0.1, 0.15) is 26.0 Å². The number of nitrogens with one attached hydrogen (secondary N) is 1. The van der Waals surface area contributed by atoms with E-state index < -0.39 is 0 Å². The van der Waals surface area contributed by atoms with E-state index in [0.29, 0.717) is 11.5 Å². The molecule has 1 N–H and O–H groups in total. The first-order valence-corrected chi connectivity index (χ1v) is 6.61. The standard InChI is InChI=1S/C11H14Br2N2/c1-11(2)4-10(11)15-6-9-8(13)3-7(12)5-14-9/h3,5,10,15H,4,6H2,1-2H3. The van der Waals surface area contributed by atoms with Gasteiger partial charge in [0.05, 0.1) is 5.69 Å². The average Bonchev–Trinajstić information content (AvgIpc) is 2.73. The van der Waals surface area contributed by atoms with Crippen LogP contribution in [0.3, 0.4) is 0 Å². The molecule has 0 aromatic carbocycles. The Hall–Kier alpha value is 0.0700. The van der Waals surface area contributed by atoms with E-state index in [0.717, 1.165) is 21.2 Å². The molecule has 1 heterocycles. The average molecular weight is 334 g/mol. The Morgan fingerprint density at radius 2 is 2.20 bits per heavy atom. The van der Waals surface area contributed by atoms with Crippen molar-refractivity contribution in [1.82, 2.24) is 10.3 Å². The van der Waals surface area contributed by atoms with Crippen LogP contribution in [0.4, 0.5) is 0 Å². The Bertz CT molecular complexity index is 377. The monoisotopic (exact) mass is 332 g/mol. The minimum Gasteiger partial charge on any atom is -0.308 e. The van der Waals surface area contributed by atoms with Crippen molar-refractivity contribution in [3.8, 4) is 0 Å². The van der Waals surface area contributed by atoms with Crippen LogP contribution in [0.15, 0.2) is 21.2 Å². The Balaban J connectivity index is 1.94. The molecule has 1 aliphatic rings. The lowest BCUT2D eigenvalue weighted by molar-refractivity contribution is 0.538. The summed E-state index contributed by atoms with van der Waals surface area (Å²) in [4.78, 5) is 4.37. The molecule has 0 aliphatic heterocycles. The van der Waals surface area contributed by atoms with E-state index in [2.05, 4.69) is 56.0 Å². The Morgan fingerprint density at radius 1 is 1.53 bits per heavy atom. The van der Waals surface area contributed by atoms with Gasteiger partial charge in [-0.1, -0.05) is 13.8 Å². The quantitative estimate of drug-likeness (QED) is 0.915. The zero-order valence-electron chi connectivity index (χ0n) is 8.85. The third kappa shape index (κ3) is 2.80. The summed E-state index contributed by atoms with van der Waals surface area (Å²) in [5.41, 5.74) is 1.54. The molecular formula is C11H14Br2N2. The molecule has 1 aromatic rings. The minimum atomic E-state index is 0.474. The topological polar surface area (TPSA) is 24.9 Å². The summed E-state index contributed by atoms with van der Waals surface area (Å²) in [5, 5.41) is 3.52. The molecule has 0 amide bonds. The van der Waals surface area contributed by atoms with Crippen molar-refractivity contribution < 1.29 is 0 Å². The second-order valence-electron chi connectivity index (χ2n) is 4.71. The van der Waals surface area contributed by atoms with Crippen molar-refractivity contribution >= 4 is 31.9 Å². The lowest BCUT2D eigenvalue weighted by atomic mass is 10.2. The van der Waals surface area contributed by atoms with Gasteiger partial charge >= 0.3 is 0 Å². The molecule has 1 aliphatic carbocycles. The molecule has 1 fully saturated rings. The van der Waals surface area contributed by atoms with Crippen LogP contribution in [0, 0.1) is 5.41 Å². The zero-order valence-corrected chi connectivity index (χ0v) is 12.0. The first kappa shape index (κ1) is 11.6. The van der Waals surface area contributed by atoms with Gasteiger partial charge in [-0.3, -0.25) is 4.98 Å². The lowest BCUT2D eigenvalue weighted by Gasteiger charge is -2.07. The molecule has 82 valence electrons. The third-order valence-electron chi connectivity index (χ3n) is 2.91. The maximum atomic E-state index is 4.37. The van der Waals surface area contributed by atoms with Crippen molar-refractivity contribution in [2.75, 3.05) is 0 Å². The number of hydrogen-bond acceptors (Lipinski definition) is 2. The number of hydrogen-bond donors (Lipinski definition) is 1. The van der Waals surface area contributed by atoms with E-state index in [-0.39, 0.29) is 0 Å². The second-order valence-corrected chi connectivity index (χ2v) is 6.48. The van der Waals surface area contributed by atoms with Gasteiger partial charge in [-0.2, -0.15) is 0 Å². The van der Waals surface area contributed by atoms with Crippen LogP contribution in [0.2, 0.25) is 0 Å². The van der Waals surface area contributed by atoms with Gasteiger partial charge in [0.2, 0.25) is 0 Å². The summed E-state index contributed by atoms with van der Waals surface area (Å²) in [6.07, 6.45) is 3.10. The van der Waals surface area contributed by atoms with Crippen molar-refractivity contribution in [2.24, 2.45) is 5.41 Å². The van der Waals surface area contributed by atoms with E-state index in [9.17, 15) is 0 Å². The van der Waals surface area contributed by atoms with Crippen LogP contribution in [-0.4, -0.2) is 11.0 Å². The molecule has 1 atom stereocenters. The molecule has 1 saturated carbocycles.